The first kappa shape index (κ1) is 11.4. The van der Waals surface area contributed by atoms with Crippen LogP contribution in [0.5, 0.6) is 0 Å². The summed E-state index contributed by atoms with van der Waals surface area (Å²) in [5.41, 5.74) is 3.11. The normalized spacial score (nSPS) is 19.9. The van der Waals surface area contributed by atoms with Crippen molar-refractivity contribution in [3.8, 4) is 5.69 Å². The molecule has 1 atom stereocenters. The van der Waals surface area contributed by atoms with Gasteiger partial charge >= 0.3 is 0 Å². The van der Waals surface area contributed by atoms with Gasteiger partial charge in [-0.05, 0) is 19.1 Å². The number of rotatable bonds is 2. The van der Waals surface area contributed by atoms with Gasteiger partial charge in [-0.3, -0.25) is 9.55 Å². The summed E-state index contributed by atoms with van der Waals surface area (Å²) < 4.78 is 7.84. The average Bonchev–Trinajstić information content (AvgIpc) is 2.89. The summed E-state index contributed by atoms with van der Waals surface area (Å²) in [6.45, 7) is 4.47. The minimum atomic E-state index is 0.0563. The van der Waals surface area contributed by atoms with Crippen molar-refractivity contribution >= 4 is 0 Å². The van der Waals surface area contributed by atoms with E-state index in [0.29, 0.717) is 0 Å². The molecule has 0 aliphatic carbocycles. The number of imidazole rings is 1. The molecule has 3 heterocycles. The predicted octanol–water partition coefficient (Wildman–Crippen LogP) is 1.24. The third kappa shape index (κ3) is 2.02. The molecule has 0 spiro atoms. The lowest BCUT2D eigenvalue weighted by molar-refractivity contribution is 0.0240. The quantitative estimate of drug-likeness (QED) is 0.863. The largest absolute Gasteiger partial charge is 0.369 e. The SMILES string of the molecule is Cc1ncccc1-n1cncc1C1CNCCO1. The molecule has 1 N–H and O–H groups in total. The van der Waals surface area contributed by atoms with Gasteiger partial charge in [0.2, 0.25) is 0 Å². The number of nitrogens with one attached hydrogen (secondary N) is 1. The number of hydrogen-bond acceptors (Lipinski definition) is 4. The topological polar surface area (TPSA) is 52.0 Å². The Morgan fingerprint density at radius 2 is 2.44 bits per heavy atom. The number of aromatic nitrogens is 3. The summed E-state index contributed by atoms with van der Waals surface area (Å²) in [5, 5.41) is 3.33. The van der Waals surface area contributed by atoms with E-state index in [-0.39, 0.29) is 6.10 Å². The number of pyridine rings is 1. The molecule has 0 saturated carbocycles. The van der Waals surface area contributed by atoms with Crippen LogP contribution < -0.4 is 5.32 Å². The van der Waals surface area contributed by atoms with Crippen LogP contribution in [0.3, 0.4) is 0 Å². The van der Waals surface area contributed by atoms with Crippen molar-refractivity contribution in [2.24, 2.45) is 0 Å². The number of hydrogen-bond donors (Lipinski definition) is 1. The molecule has 0 aromatic carbocycles. The molecule has 5 nitrogen and oxygen atoms in total. The first-order chi connectivity index (χ1) is 8.86. The number of aryl methyl sites for hydroxylation is 1. The van der Waals surface area contributed by atoms with Gasteiger partial charge in [0.1, 0.15) is 6.10 Å². The predicted molar refractivity (Wildman–Crippen MR) is 67.7 cm³/mol. The van der Waals surface area contributed by atoms with Crippen LogP contribution in [0.1, 0.15) is 17.5 Å². The molecule has 1 unspecified atom stereocenters. The van der Waals surface area contributed by atoms with Crippen LogP contribution in [-0.4, -0.2) is 34.2 Å². The highest BCUT2D eigenvalue weighted by Gasteiger charge is 2.20. The van der Waals surface area contributed by atoms with Gasteiger partial charge in [0.05, 0.1) is 36.2 Å². The zero-order chi connectivity index (χ0) is 12.4. The Morgan fingerprint density at radius 1 is 1.50 bits per heavy atom. The molecule has 1 aliphatic heterocycles. The Hall–Kier alpha value is -1.72. The summed E-state index contributed by atoms with van der Waals surface area (Å²) in [7, 11) is 0. The van der Waals surface area contributed by atoms with Crippen molar-refractivity contribution < 1.29 is 4.74 Å². The van der Waals surface area contributed by atoms with Crippen molar-refractivity contribution in [1.82, 2.24) is 19.9 Å². The highest BCUT2D eigenvalue weighted by atomic mass is 16.5. The van der Waals surface area contributed by atoms with E-state index < -0.39 is 0 Å². The molecule has 2 aromatic heterocycles. The van der Waals surface area contributed by atoms with Gasteiger partial charge in [-0.2, -0.15) is 0 Å². The first-order valence-corrected chi connectivity index (χ1v) is 6.13. The third-order valence-electron chi connectivity index (χ3n) is 3.16. The van der Waals surface area contributed by atoms with E-state index in [1.165, 1.54) is 0 Å². The summed E-state index contributed by atoms with van der Waals surface area (Å²) in [6.07, 6.45) is 5.54. The summed E-state index contributed by atoms with van der Waals surface area (Å²) >= 11 is 0. The lowest BCUT2D eigenvalue weighted by atomic mass is 10.2. The number of ether oxygens (including phenoxy) is 1. The molecule has 3 rings (SSSR count). The molecule has 1 aliphatic rings. The molecule has 2 aromatic rings. The second-order valence-electron chi connectivity index (χ2n) is 4.36. The van der Waals surface area contributed by atoms with Crippen molar-refractivity contribution in [1.29, 1.82) is 0 Å². The van der Waals surface area contributed by atoms with E-state index in [9.17, 15) is 0 Å². The van der Waals surface area contributed by atoms with Gasteiger partial charge in [-0.25, -0.2) is 4.98 Å². The number of morpholine rings is 1. The van der Waals surface area contributed by atoms with Crippen LogP contribution in [0.4, 0.5) is 0 Å². The van der Waals surface area contributed by atoms with Crippen LogP contribution in [-0.2, 0) is 4.74 Å². The molecule has 94 valence electrons. The van der Waals surface area contributed by atoms with Gasteiger partial charge in [0, 0.05) is 19.3 Å². The number of nitrogens with zero attached hydrogens (tertiary/aromatic N) is 3. The molecule has 0 amide bonds. The van der Waals surface area contributed by atoms with E-state index in [2.05, 4.69) is 19.9 Å². The Balaban J connectivity index is 1.98. The lowest BCUT2D eigenvalue weighted by Gasteiger charge is -2.24. The molecule has 18 heavy (non-hydrogen) atoms. The van der Waals surface area contributed by atoms with Crippen molar-refractivity contribution in [2.45, 2.75) is 13.0 Å². The maximum absolute atomic E-state index is 5.78. The Labute approximate surface area is 106 Å². The van der Waals surface area contributed by atoms with Crippen LogP contribution >= 0.6 is 0 Å². The fourth-order valence-corrected chi connectivity index (χ4v) is 2.23. The molecule has 0 bridgehead atoms. The van der Waals surface area contributed by atoms with Gasteiger partial charge in [0.15, 0.2) is 0 Å². The Kier molecular flexibility index (Phi) is 3.08. The van der Waals surface area contributed by atoms with Gasteiger partial charge in [-0.15, -0.1) is 0 Å². The third-order valence-corrected chi connectivity index (χ3v) is 3.16. The molecule has 1 fully saturated rings. The zero-order valence-corrected chi connectivity index (χ0v) is 10.3. The smallest absolute Gasteiger partial charge is 0.112 e. The standard InChI is InChI=1S/C13H16N4O/c1-10-11(3-2-4-16-10)17-9-15-7-12(17)13-8-14-5-6-18-13/h2-4,7,9,13-14H,5-6,8H2,1H3. The molecule has 0 radical (unpaired) electrons. The van der Waals surface area contributed by atoms with Crippen molar-refractivity contribution in [3.05, 3.63) is 42.2 Å². The fourth-order valence-electron chi connectivity index (χ4n) is 2.23. The second kappa shape index (κ2) is 4.88. The van der Waals surface area contributed by atoms with E-state index >= 15 is 0 Å². The molecular formula is C13H16N4O. The molecule has 5 heteroatoms. The zero-order valence-electron chi connectivity index (χ0n) is 10.3. The summed E-state index contributed by atoms with van der Waals surface area (Å²) in [5.74, 6) is 0. The lowest BCUT2D eigenvalue weighted by Crippen LogP contribution is -2.34. The maximum Gasteiger partial charge on any atom is 0.112 e. The Morgan fingerprint density at radius 3 is 3.22 bits per heavy atom. The van der Waals surface area contributed by atoms with Crippen molar-refractivity contribution in [3.63, 3.8) is 0 Å². The molecule has 1 saturated heterocycles. The van der Waals surface area contributed by atoms with E-state index in [4.69, 9.17) is 4.74 Å². The first-order valence-electron chi connectivity index (χ1n) is 6.13. The Bertz CT molecular complexity index is 531. The van der Waals surface area contributed by atoms with Gasteiger partial charge < -0.3 is 10.1 Å². The van der Waals surface area contributed by atoms with Crippen LogP contribution in [0.2, 0.25) is 0 Å². The summed E-state index contributed by atoms with van der Waals surface area (Å²) in [6, 6.07) is 3.98. The van der Waals surface area contributed by atoms with E-state index in [0.717, 1.165) is 36.8 Å². The molecular weight excluding hydrogens is 228 g/mol. The highest BCUT2D eigenvalue weighted by Crippen LogP contribution is 2.22. The van der Waals surface area contributed by atoms with Crippen molar-refractivity contribution in [2.75, 3.05) is 19.7 Å². The summed E-state index contributed by atoms with van der Waals surface area (Å²) in [4.78, 5) is 8.56. The fraction of sp³-hybridized carbons (Fsp3) is 0.385. The van der Waals surface area contributed by atoms with Crippen LogP contribution in [0.15, 0.2) is 30.9 Å². The van der Waals surface area contributed by atoms with Crippen LogP contribution in [0, 0.1) is 6.92 Å². The van der Waals surface area contributed by atoms with E-state index in [1.807, 2.05) is 31.6 Å². The minimum absolute atomic E-state index is 0.0563. The second-order valence-corrected chi connectivity index (χ2v) is 4.36. The van der Waals surface area contributed by atoms with Gasteiger partial charge in [0.25, 0.3) is 0 Å². The average molecular weight is 244 g/mol. The highest BCUT2D eigenvalue weighted by molar-refractivity contribution is 5.37. The maximum atomic E-state index is 5.78. The van der Waals surface area contributed by atoms with Crippen LogP contribution in [0.25, 0.3) is 5.69 Å². The monoisotopic (exact) mass is 244 g/mol. The van der Waals surface area contributed by atoms with Gasteiger partial charge in [-0.1, -0.05) is 0 Å². The van der Waals surface area contributed by atoms with E-state index in [1.54, 1.807) is 6.20 Å². The minimum Gasteiger partial charge on any atom is -0.369 e.